The minimum atomic E-state index is -3.63. The van der Waals surface area contributed by atoms with E-state index in [4.69, 9.17) is 4.74 Å². The fourth-order valence-corrected chi connectivity index (χ4v) is 3.61. The van der Waals surface area contributed by atoms with E-state index < -0.39 is 16.1 Å². The van der Waals surface area contributed by atoms with Crippen LogP contribution >= 0.6 is 0 Å². The predicted molar refractivity (Wildman–Crippen MR) is 91.4 cm³/mol. The van der Waals surface area contributed by atoms with Crippen molar-refractivity contribution in [1.29, 1.82) is 0 Å². The highest BCUT2D eigenvalue weighted by Gasteiger charge is 2.23. The standard InChI is InChI=1S/C16H24N4O3S/c1-5-13-8-10-14(11-9-13)24(21,22)19-12(4)15-17-18-16(23-7-3)20(15)6-2/h8-12,19H,5-7H2,1-4H3/t12-/m1/s1. The average molecular weight is 352 g/mol. The number of hydrogen-bond acceptors (Lipinski definition) is 5. The van der Waals surface area contributed by atoms with Gasteiger partial charge in [-0.05, 0) is 44.9 Å². The van der Waals surface area contributed by atoms with E-state index in [0.29, 0.717) is 25.0 Å². The van der Waals surface area contributed by atoms with E-state index in [9.17, 15) is 8.42 Å². The zero-order chi connectivity index (χ0) is 17.7. The summed E-state index contributed by atoms with van der Waals surface area (Å²) in [5.41, 5.74) is 1.09. The Bertz CT molecular complexity index is 769. The second kappa shape index (κ2) is 7.76. The third-order valence-electron chi connectivity index (χ3n) is 3.70. The van der Waals surface area contributed by atoms with Crippen LogP contribution in [0.1, 0.15) is 45.1 Å². The summed E-state index contributed by atoms with van der Waals surface area (Å²) in [6, 6.07) is 6.74. The van der Waals surface area contributed by atoms with E-state index in [1.165, 1.54) is 0 Å². The molecular weight excluding hydrogens is 328 g/mol. The van der Waals surface area contributed by atoms with Gasteiger partial charge in [0, 0.05) is 6.54 Å². The molecule has 0 aliphatic heterocycles. The maximum Gasteiger partial charge on any atom is 0.316 e. The molecule has 0 bridgehead atoms. The molecule has 2 rings (SSSR count). The van der Waals surface area contributed by atoms with Gasteiger partial charge < -0.3 is 4.74 Å². The molecule has 1 aromatic carbocycles. The fourth-order valence-electron chi connectivity index (χ4n) is 2.41. The Hall–Kier alpha value is -1.93. The summed E-state index contributed by atoms with van der Waals surface area (Å²) in [6.45, 7) is 8.62. The van der Waals surface area contributed by atoms with Gasteiger partial charge in [0.15, 0.2) is 5.82 Å². The van der Waals surface area contributed by atoms with Crippen molar-refractivity contribution in [2.24, 2.45) is 0 Å². The van der Waals surface area contributed by atoms with Gasteiger partial charge in [0.25, 0.3) is 0 Å². The molecule has 0 aliphatic rings. The van der Waals surface area contributed by atoms with Crippen LogP contribution in [0.15, 0.2) is 29.2 Å². The highest BCUT2D eigenvalue weighted by molar-refractivity contribution is 7.89. The van der Waals surface area contributed by atoms with E-state index in [0.717, 1.165) is 12.0 Å². The van der Waals surface area contributed by atoms with Gasteiger partial charge in [0.05, 0.1) is 17.5 Å². The van der Waals surface area contributed by atoms with Crippen LogP contribution in [0.5, 0.6) is 6.01 Å². The number of aromatic nitrogens is 3. The smallest absolute Gasteiger partial charge is 0.316 e. The molecule has 0 fully saturated rings. The van der Waals surface area contributed by atoms with Crippen molar-refractivity contribution < 1.29 is 13.2 Å². The molecule has 0 radical (unpaired) electrons. The number of benzene rings is 1. The van der Waals surface area contributed by atoms with Gasteiger partial charge in [0.2, 0.25) is 10.0 Å². The summed E-state index contributed by atoms with van der Waals surface area (Å²) in [5, 5.41) is 8.05. The van der Waals surface area contributed by atoms with E-state index in [2.05, 4.69) is 14.9 Å². The van der Waals surface area contributed by atoms with Crippen LogP contribution in [-0.2, 0) is 23.0 Å². The molecule has 132 valence electrons. The molecule has 1 heterocycles. The zero-order valence-corrected chi connectivity index (χ0v) is 15.3. The molecule has 1 atom stereocenters. The van der Waals surface area contributed by atoms with Gasteiger partial charge in [0.1, 0.15) is 0 Å². The van der Waals surface area contributed by atoms with Crippen LogP contribution in [0, 0.1) is 0 Å². The first kappa shape index (κ1) is 18.4. The van der Waals surface area contributed by atoms with Crippen LogP contribution in [-0.4, -0.2) is 29.8 Å². The fraction of sp³-hybridized carbons (Fsp3) is 0.500. The predicted octanol–water partition coefficient (Wildman–Crippen LogP) is 2.30. The van der Waals surface area contributed by atoms with Crippen molar-refractivity contribution in [3.8, 4) is 6.01 Å². The number of nitrogens with zero attached hydrogens (tertiary/aromatic N) is 3. The molecule has 0 aliphatic carbocycles. The first-order valence-corrected chi connectivity index (χ1v) is 9.58. The highest BCUT2D eigenvalue weighted by atomic mass is 32.2. The maximum absolute atomic E-state index is 12.5. The molecule has 8 heteroatoms. The van der Waals surface area contributed by atoms with Crippen LogP contribution in [0.25, 0.3) is 0 Å². The first-order chi connectivity index (χ1) is 11.4. The van der Waals surface area contributed by atoms with Crippen LogP contribution in [0.2, 0.25) is 0 Å². The highest BCUT2D eigenvalue weighted by Crippen LogP contribution is 2.20. The van der Waals surface area contributed by atoms with Crippen molar-refractivity contribution in [2.75, 3.05) is 6.61 Å². The van der Waals surface area contributed by atoms with Gasteiger partial charge in [-0.3, -0.25) is 4.57 Å². The van der Waals surface area contributed by atoms with Gasteiger partial charge in [-0.1, -0.05) is 24.2 Å². The third kappa shape index (κ3) is 3.93. The van der Waals surface area contributed by atoms with Crippen LogP contribution in [0.4, 0.5) is 0 Å². The zero-order valence-electron chi connectivity index (χ0n) is 14.5. The summed E-state index contributed by atoms with van der Waals surface area (Å²) in [6.07, 6.45) is 0.865. The molecule has 0 saturated carbocycles. The number of hydrogen-bond donors (Lipinski definition) is 1. The van der Waals surface area contributed by atoms with Crippen molar-refractivity contribution >= 4 is 10.0 Å². The second-order valence-electron chi connectivity index (χ2n) is 5.36. The molecule has 2 aromatic rings. The SMILES string of the molecule is CCOc1nnc([C@@H](C)NS(=O)(=O)c2ccc(CC)cc2)n1CC. The quantitative estimate of drug-likeness (QED) is 0.788. The van der Waals surface area contributed by atoms with E-state index in [1.54, 1.807) is 23.6 Å². The Kier molecular flexibility index (Phi) is 5.95. The monoisotopic (exact) mass is 352 g/mol. The Morgan fingerprint density at radius 2 is 1.83 bits per heavy atom. The Morgan fingerprint density at radius 1 is 1.17 bits per heavy atom. The van der Waals surface area contributed by atoms with Crippen molar-refractivity contribution in [3.05, 3.63) is 35.7 Å². The molecular formula is C16H24N4O3S. The lowest BCUT2D eigenvalue weighted by Crippen LogP contribution is -2.29. The Labute approximate surface area is 143 Å². The molecule has 1 N–H and O–H groups in total. The topological polar surface area (TPSA) is 86.1 Å². The normalized spacial score (nSPS) is 13.0. The third-order valence-corrected chi connectivity index (χ3v) is 5.25. The lowest BCUT2D eigenvalue weighted by Gasteiger charge is -2.15. The molecule has 0 amide bonds. The molecule has 0 unspecified atom stereocenters. The summed E-state index contributed by atoms with van der Waals surface area (Å²) in [4.78, 5) is 0.235. The Balaban J connectivity index is 2.22. The van der Waals surface area contributed by atoms with Crippen molar-refractivity contribution in [2.45, 2.75) is 51.6 Å². The largest absolute Gasteiger partial charge is 0.464 e. The van der Waals surface area contributed by atoms with Gasteiger partial charge in [-0.15, -0.1) is 5.10 Å². The number of rotatable bonds is 8. The van der Waals surface area contributed by atoms with Crippen LogP contribution < -0.4 is 9.46 Å². The van der Waals surface area contributed by atoms with E-state index in [1.807, 2.05) is 32.9 Å². The molecule has 0 spiro atoms. The molecule has 7 nitrogen and oxygen atoms in total. The average Bonchev–Trinajstić information content (AvgIpc) is 2.97. The Morgan fingerprint density at radius 3 is 2.38 bits per heavy atom. The van der Waals surface area contributed by atoms with E-state index in [-0.39, 0.29) is 4.90 Å². The minimum Gasteiger partial charge on any atom is -0.464 e. The van der Waals surface area contributed by atoms with Gasteiger partial charge in [-0.2, -0.15) is 0 Å². The van der Waals surface area contributed by atoms with Crippen molar-refractivity contribution in [3.63, 3.8) is 0 Å². The number of nitrogens with one attached hydrogen (secondary N) is 1. The summed E-state index contributed by atoms with van der Waals surface area (Å²) >= 11 is 0. The number of ether oxygens (including phenoxy) is 1. The van der Waals surface area contributed by atoms with Crippen LogP contribution in [0.3, 0.4) is 0 Å². The molecule has 1 aromatic heterocycles. The summed E-state index contributed by atoms with van der Waals surface area (Å²) < 4.78 is 34.9. The lowest BCUT2D eigenvalue weighted by molar-refractivity contribution is 0.294. The van der Waals surface area contributed by atoms with Gasteiger partial charge in [-0.25, -0.2) is 13.1 Å². The summed E-state index contributed by atoms with van der Waals surface area (Å²) in [7, 11) is -3.63. The second-order valence-corrected chi connectivity index (χ2v) is 7.07. The summed E-state index contributed by atoms with van der Waals surface area (Å²) in [5.74, 6) is 0.523. The number of aryl methyl sites for hydroxylation is 1. The lowest BCUT2D eigenvalue weighted by atomic mass is 10.2. The molecule has 0 saturated heterocycles. The number of sulfonamides is 1. The van der Waals surface area contributed by atoms with Gasteiger partial charge >= 0.3 is 6.01 Å². The molecule has 24 heavy (non-hydrogen) atoms. The first-order valence-electron chi connectivity index (χ1n) is 8.10. The maximum atomic E-state index is 12.5. The van der Waals surface area contributed by atoms with E-state index >= 15 is 0 Å². The minimum absolute atomic E-state index is 0.235. The van der Waals surface area contributed by atoms with Crippen molar-refractivity contribution in [1.82, 2.24) is 19.5 Å².